The lowest BCUT2D eigenvalue weighted by Crippen LogP contribution is -2.11. The Bertz CT molecular complexity index is 706. The van der Waals surface area contributed by atoms with Crippen molar-refractivity contribution in [2.75, 3.05) is 5.32 Å². The highest BCUT2D eigenvalue weighted by Crippen LogP contribution is 2.23. The second-order valence-corrected chi connectivity index (χ2v) is 4.25. The predicted molar refractivity (Wildman–Crippen MR) is 76.3 cm³/mol. The fraction of sp³-hybridized carbons (Fsp3) is 0. The second kappa shape index (κ2) is 5.40. The zero-order valence-corrected chi connectivity index (χ0v) is 10.6. The highest BCUT2D eigenvalue weighted by molar-refractivity contribution is 6.07. The van der Waals surface area contributed by atoms with Gasteiger partial charge in [-0.05, 0) is 12.1 Å². The number of hydrogen-bond donors (Lipinski definition) is 1. The number of carbonyl (C=O) groups excluding carboxylic acids is 1. The van der Waals surface area contributed by atoms with Crippen LogP contribution in [0, 0.1) is 0 Å². The molecule has 0 saturated heterocycles. The highest BCUT2D eigenvalue weighted by Gasteiger charge is 2.17. The summed E-state index contributed by atoms with van der Waals surface area (Å²) in [5, 5.41) is 6.54. The fourth-order valence-corrected chi connectivity index (χ4v) is 1.92. The molecule has 0 aliphatic rings. The third kappa shape index (κ3) is 2.44. The molecule has 98 valence electrons. The van der Waals surface area contributed by atoms with Gasteiger partial charge in [-0.15, -0.1) is 0 Å². The minimum atomic E-state index is -0.240. The van der Waals surface area contributed by atoms with E-state index < -0.39 is 0 Å². The summed E-state index contributed by atoms with van der Waals surface area (Å²) in [6, 6.07) is 18.7. The number of benzene rings is 2. The van der Waals surface area contributed by atoms with Crippen LogP contribution in [0.1, 0.15) is 10.4 Å². The molecule has 3 rings (SSSR count). The van der Waals surface area contributed by atoms with Crippen LogP contribution in [0.3, 0.4) is 0 Å². The van der Waals surface area contributed by atoms with Crippen molar-refractivity contribution in [3.8, 4) is 11.3 Å². The van der Waals surface area contributed by atoms with Crippen molar-refractivity contribution in [2.45, 2.75) is 0 Å². The molecule has 1 heterocycles. The van der Waals surface area contributed by atoms with E-state index >= 15 is 0 Å². The van der Waals surface area contributed by atoms with Crippen LogP contribution in [-0.4, -0.2) is 11.1 Å². The molecule has 0 atom stereocenters. The number of carbonyl (C=O) groups is 1. The van der Waals surface area contributed by atoms with E-state index in [0.29, 0.717) is 11.3 Å². The molecule has 1 amide bonds. The maximum atomic E-state index is 12.3. The van der Waals surface area contributed by atoms with E-state index in [9.17, 15) is 4.79 Å². The van der Waals surface area contributed by atoms with Gasteiger partial charge < -0.3 is 9.84 Å². The van der Waals surface area contributed by atoms with E-state index in [1.54, 1.807) is 0 Å². The van der Waals surface area contributed by atoms with Crippen molar-refractivity contribution in [1.29, 1.82) is 0 Å². The Morgan fingerprint density at radius 3 is 2.30 bits per heavy atom. The van der Waals surface area contributed by atoms with Crippen LogP contribution in [0.5, 0.6) is 0 Å². The third-order valence-electron chi connectivity index (χ3n) is 2.88. The Morgan fingerprint density at radius 2 is 1.60 bits per heavy atom. The summed E-state index contributed by atoms with van der Waals surface area (Å²) in [6.45, 7) is 0. The lowest BCUT2D eigenvalue weighted by Gasteiger charge is -2.04. The van der Waals surface area contributed by atoms with Crippen LogP contribution in [-0.2, 0) is 0 Å². The molecule has 3 aromatic rings. The molecule has 0 fully saturated rings. The van der Waals surface area contributed by atoms with Crippen molar-refractivity contribution in [2.24, 2.45) is 0 Å². The Morgan fingerprint density at radius 1 is 0.950 bits per heavy atom. The quantitative estimate of drug-likeness (QED) is 0.786. The minimum absolute atomic E-state index is 0.240. The van der Waals surface area contributed by atoms with Crippen LogP contribution >= 0.6 is 0 Å². The molecule has 0 bridgehead atoms. The molecule has 0 aliphatic heterocycles. The van der Waals surface area contributed by atoms with Gasteiger partial charge in [0.15, 0.2) is 5.76 Å². The molecule has 0 saturated carbocycles. The maximum Gasteiger partial charge on any atom is 0.261 e. The summed E-state index contributed by atoms with van der Waals surface area (Å²) in [7, 11) is 0. The lowest BCUT2D eigenvalue weighted by molar-refractivity contribution is 0.102. The van der Waals surface area contributed by atoms with Gasteiger partial charge in [-0.2, -0.15) is 0 Å². The Kier molecular flexibility index (Phi) is 3.29. The monoisotopic (exact) mass is 264 g/mol. The lowest BCUT2D eigenvalue weighted by atomic mass is 10.1. The predicted octanol–water partition coefficient (Wildman–Crippen LogP) is 3.59. The number of hydrogen-bond acceptors (Lipinski definition) is 3. The summed E-state index contributed by atoms with van der Waals surface area (Å²) in [4.78, 5) is 12.3. The number of amides is 1. The van der Waals surface area contributed by atoms with Crippen molar-refractivity contribution in [3.63, 3.8) is 0 Å². The molecule has 4 heteroatoms. The number of anilines is 1. The van der Waals surface area contributed by atoms with E-state index in [4.69, 9.17) is 4.52 Å². The van der Waals surface area contributed by atoms with Crippen LogP contribution in [0.25, 0.3) is 11.3 Å². The molecule has 4 nitrogen and oxygen atoms in total. The maximum absolute atomic E-state index is 12.3. The average molecular weight is 264 g/mol. The van der Waals surface area contributed by atoms with Crippen LogP contribution in [0.15, 0.2) is 71.4 Å². The first-order chi connectivity index (χ1) is 9.84. The topological polar surface area (TPSA) is 55.1 Å². The van der Waals surface area contributed by atoms with E-state index in [2.05, 4.69) is 10.5 Å². The minimum Gasteiger partial charge on any atom is -0.355 e. The normalized spacial score (nSPS) is 10.2. The van der Waals surface area contributed by atoms with Crippen LogP contribution in [0.2, 0.25) is 0 Å². The zero-order chi connectivity index (χ0) is 13.8. The van der Waals surface area contributed by atoms with Gasteiger partial charge in [0, 0.05) is 11.3 Å². The molecule has 0 aliphatic carbocycles. The Labute approximate surface area is 116 Å². The molecule has 2 aromatic carbocycles. The van der Waals surface area contributed by atoms with Crippen molar-refractivity contribution in [3.05, 3.63) is 72.4 Å². The molecule has 1 aromatic heterocycles. The summed E-state index contributed by atoms with van der Waals surface area (Å²) >= 11 is 0. The molecule has 0 radical (unpaired) electrons. The van der Waals surface area contributed by atoms with Crippen LogP contribution < -0.4 is 5.32 Å². The third-order valence-corrected chi connectivity index (χ3v) is 2.88. The highest BCUT2D eigenvalue weighted by atomic mass is 16.5. The number of para-hydroxylation sites is 1. The molecule has 0 unspecified atom stereocenters. The van der Waals surface area contributed by atoms with E-state index in [1.165, 1.54) is 6.20 Å². The smallest absolute Gasteiger partial charge is 0.261 e. The van der Waals surface area contributed by atoms with E-state index in [1.807, 2.05) is 60.7 Å². The van der Waals surface area contributed by atoms with Gasteiger partial charge in [0.2, 0.25) is 0 Å². The summed E-state index contributed by atoms with van der Waals surface area (Å²) in [5.41, 5.74) is 1.97. The van der Waals surface area contributed by atoms with Crippen molar-refractivity contribution in [1.82, 2.24) is 5.16 Å². The molecular formula is C16H12N2O2. The number of aromatic nitrogens is 1. The van der Waals surface area contributed by atoms with Gasteiger partial charge in [0.25, 0.3) is 5.91 Å². The SMILES string of the molecule is O=C(Nc1ccccc1)c1cnoc1-c1ccccc1. The first-order valence-electron chi connectivity index (χ1n) is 6.21. The average Bonchev–Trinajstić information content (AvgIpc) is 2.99. The number of nitrogens with one attached hydrogen (secondary N) is 1. The van der Waals surface area contributed by atoms with Gasteiger partial charge in [0.05, 0.1) is 6.20 Å². The van der Waals surface area contributed by atoms with E-state index in [0.717, 1.165) is 11.3 Å². The van der Waals surface area contributed by atoms with E-state index in [-0.39, 0.29) is 5.91 Å². The van der Waals surface area contributed by atoms with Crippen LogP contribution in [0.4, 0.5) is 5.69 Å². The largest absolute Gasteiger partial charge is 0.355 e. The van der Waals surface area contributed by atoms with Gasteiger partial charge in [0.1, 0.15) is 5.56 Å². The number of nitrogens with zero attached hydrogens (tertiary/aromatic N) is 1. The molecule has 1 N–H and O–H groups in total. The fourth-order valence-electron chi connectivity index (χ4n) is 1.92. The van der Waals surface area contributed by atoms with Crippen molar-refractivity contribution < 1.29 is 9.32 Å². The number of rotatable bonds is 3. The standard InChI is InChI=1S/C16H12N2O2/c19-16(18-13-9-5-2-6-10-13)14-11-17-20-15(14)12-7-3-1-4-8-12/h1-11H,(H,18,19). The molecule has 20 heavy (non-hydrogen) atoms. The first kappa shape index (κ1) is 12.2. The first-order valence-corrected chi connectivity index (χ1v) is 6.21. The summed E-state index contributed by atoms with van der Waals surface area (Å²) in [5.74, 6) is 0.232. The zero-order valence-electron chi connectivity index (χ0n) is 10.6. The summed E-state index contributed by atoms with van der Waals surface area (Å²) < 4.78 is 5.20. The Hall–Kier alpha value is -2.88. The van der Waals surface area contributed by atoms with Gasteiger partial charge in [-0.1, -0.05) is 53.7 Å². The van der Waals surface area contributed by atoms with Gasteiger partial charge in [-0.25, -0.2) is 0 Å². The Balaban J connectivity index is 1.88. The summed E-state index contributed by atoms with van der Waals surface area (Å²) in [6.07, 6.45) is 1.43. The molecular weight excluding hydrogens is 252 g/mol. The van der Waals surface area contributed by atoms with Gasteiger partial charge in [-0.3, -0.25) is 4.79 Å². The van der Waals surface area contributed by atoms with Crippen molar-refractivity contribution >= 4 is 11.6 Å². The molecule has 0 spiro atoms. The van der Waals surface area contributed by atoms with Gasteiger partial charge >= 0.3 is 0 Å². The second-order valence-electron chi connectivity index (χ2n) is 4.25.